The van der Waals surface area contributed by atoms with Crippen LogP contribution in [0, 0.1) is 12.3 Å². The number of halogens is 1. The Labute approximate surface area is 577 Å². The standard InChI is InChI=1S/C15H24NO5P.C10H24NO4PS.C7H15NOS.C6H16NO3P.C5H13O3P.C4H11NOS.C4H9.C3H9O3P.CH4O.ClH.Li/c1-5-19-14(17)12(2)20-22(18,11-15(3,4)16)21-13-9-7-6-8-10-13;1-9(2,3)17(13)11-10(4,5)8-16(12,14-6)15-7;1-6(2)8-10(9)7(3,4)5;1-6(2,7)5-11(8,9-3)10-4;1-5(2,3)4-9(6,7)8;1-4(2,3)7(5)6;1-3-4-2;1-5-7(3,4)6-2;1-2;;/h6-10,12H,5,11,16H2,1-4H3;11H,8H2,1-7H3;1-5H3;5,7H2,1-4H3;4H2,1-3H3,(H2,6,7,8);5H2,1-3H3;1,3-4H2,2H3;1-3H3;2H,1H3;1H;/q;;;;;;-1;;;;+1. The third-order valence-electron chi connectivity index (χ3n) is 8.84. The third-order valence-corrected chi connectivity index (χ3v) is 23.1. The van der Waals surface area contributed by atoms with E-state index in [-0.39, 0.29) is 82.2 Å². The summed E-state index contributed by atoms with van der Waals surface area (Å²) in [7, 11) is -10.5. The smallest absolute Gasteiger partial charge is 0.464 e. The molecule has 0 spiro atoms. The first-order chi connectivity index (χ1) is 39.5. The number of esters is 1. The van der Waals surface area contributed by atoms with Crippen molar-refractivity contribution in [3.63, 3.8) is 0 Å². The Balaban J connectivity index is -0.000000107. The van der Waals surface area contributed by atoms with Gasteiger partial charge in [0.05, 0.1) is 67.5 Å². The average molecular weight is 1490 g/mol. The van der Waals surface area contributed by atoms with Gasteiger partial charge in [0, 0.05) is 78.8 Å². The van der Waals surface area contributed by atoms with Crippen LogP contribution in [0.1, 0.15) is 172 Å². The van der Waals surface area contributed by atoms with Crippen molar-refractivity contribution < 1.29 is 115 Å². The SMILES string of the molecule is CC(C)(C)CP(=O)(O)O.CC(C)(C)S(N)=O.CC(C)=NS(=O)C(C)(C)C.CCOC(=O)C(C)OP(=O)(CC(C)(C)N)Oc1ccccc1.CO.COP(=O)(CC(C)(C)N)OC.COP(=O)(CC(C)(C)NS(=O)C(C)(C)C)OC.COP(C)(=O)OC.Cl.[CH2-]CCC.[Li+]. The topological polar surface area (TPSA) is 400 Å². The molecule has 0 aliphatic rings. The van der Waals surface area contributed by atoms with Crippen molar-refractivity contribution in [2.24, 2.45) is 26.4 Å². The molecule has 5 atom stereocenters. The van der Waals surface area contributed by atoms with Crippen molar-refractivity contribution in [3.05, 3.63) is 37.3 Å². The molecule has 0 bridgehead atoms. The summed E-state index contributed by atoms with van der Waals surface area (Å²) in [4.78, 5) is 28.6. The van der Waals surface area contributed by atoms with Gasteiger partial charge in [0.25, 0.3) is 0 Å². The first-order valence-electron chi connectivity index (χ1n) is 27.9. The number of aliphatic hydroxyl groups excluding tert-OH is 1. The molecular weight excluding hydrogens is 1360 g/mol. The average Bonchev–Trinajstić information content (AvgIpc) is 3.35. The van der Waals surface area contributed by atoms with Crippen LogP contribution in [-0.4, -0.2) is 164 Å². The van der Waals surface area contributed by atoms with Gasteiger partial charge in [-0.2, -0.15) is 10.8 Å². The summed E-state index contributed by atoms with van der Waals surface area (Å²) in [5, 5.41) is 12.0. The number of unbranched alkanes of at least 4 members (excludes halogenated alkanes) is 1. The van der Waals surface area contributed by atoms with Gasteiger partial charge < -0.3 is 69.7 Å². The molecule has 0 amide bonds. The molecule has 548 valence electrons. The number of carbonyl (C=O) groups excluding carboxylic acids is 1. The molecular formula is C55H126ClLiN5O21P5S3. The van der Waals surface area contributed by atoms with E-state index in [4.69, 9.17) is 63.4 Å². The van der Waals surface area contributed by atoms with Gasteiger partial charge in [-0.05, 0) is 149 Å². The summed E-state index contributed by atoms with van der Waals surface area (Å²) in [6.45, 7) is 47.1. The van der Waals surface area contributed by atoms with Gasteiger partial charge in [-0.1, -0.05) is 52.3 Å². The van der Waals surface area contributed by atoms with Crippen molar-refractivity contribution in [1.82, 2.24) is 4.72 Å². The van der Waals surface area contributed by atoms with E-state index in [0.717, 1.165) is 19.2 Å². The summed E-state index contributed by atoms with van der Waals surface area (Å²) < 4.78 is 141. The summed E-state index contributed by atoms with van der Waals surface area (Å²) >= 11 is 0. The van der Waals surface area contributed by atoms with Crippen molar-refractivity contribution in [1.29, 1.82) is 0 Å². The van der Waals surface area contributed by atoms with E-state index in [2.05, 4.69) is 32.0 Å². The van der Waals surface area contributed by atoms with Gasteiger partial charge in [0.15, 0.2) is 6.10 Å². The Kier molecular flexibility index (Phi) is 65.5. The maximum absolute atomic E-state index is 13.0. The zero-order valence-electron chi connectivity index (χ0n) is 61.4. The molecule has 0 aliphatic heterocycles. The van der Waals surface area contributed by atoms with Crippen LogP contribution in [0.3, 0.4) is 0 Å². The number of nitrogens with zero attached hydrogens (tertiary/aromatic N) is 1. The molecule has 1 aromatic rings. The summed E-state index contributed by atoms with van der Waals surface area (Å²) in [5.41, 5.74) is 10.3. The Hall–Kier alpha value is 0.0874. The summed E-state index contributed by atoms with van der Waals surface area (Å²) in [6, 6.07) is 8.64. The van der Waals surface area contributed by atoms with E-state index in [1.807, 2.05) is 96.1 Å². The van der Waals surface area contributed by atoms with Crippen LogP contribution in [-0.2, 0) is 97.0 Å². The number of ether oxygens (including phenoxy) is 1. The van der Waals surface area contributed by atoms with Gasteiger partial charge in [0.2, 0.25) is 0 Å². The molecule has 26 nitrogen and oxygen atoms in total. The first kappa shape index (κ1) is 112. The molecule has 91 heavy (non-hydrogen) atoms. The van der Waals surface area contributed by atoms with E-state index < -0.39 is 99.6 Å². The predicted octanol–water partition coefficient (Wildman–Crippen LogP) is 9.78. The van der Waals surface area contributed by atoms with Gasteiger partial charge in [-0.3, -0.25) is 27.9 Å². The van der Waals surface area contributed by atoms with E-state index in [1.165, 1.54) is 62.7 Å². The van der Waals surface area contributed by atoms with Crippen LogP contribution in [0.2, 0.25) is 0 Å². The van der Waals surface area contributed by atoms with Crippen LogP contribution < -0.4 is 44.7 Å². The molecule has 36 heteroatoms. The van der Waals surface area contributed by atoms with Crippen LogP contribution in [0.5, 0.6) is 5.75 Å². The number of hydrogen-bond acceptors (Lipinski definition) is 21. The van der Waals surface area contributed by atoms with Crippen molar-refractivity contribution in [2.45, 2.75) is 209 Å². The molecule has 0 heterocycles. The molecule has 0 fully saturated rings. The van der Waals surface area contributed by atoms with E-state index in [0.29, 0.717) is 5.75 Å². The summed E-state index contributed by atoms with van der Waals surface area (Å²) in [5.74, 6) is -0.194. The summed E-state index contributed by atoms with van der Waals surface area (Å²) in [6.07, 6.45) is 1.59. The molecule has 1 aromatic carbocycles. The second-order valence-corrected chi connectivity index (χ2v) is 41.5. The van der Waals surface area contributed by atoms with E-state index >= 15 is 0 Å². The second kappa shape index (κ2) is 53.1. The van der Waals surface area contributed by atoms with Crippen LogP contribution in [0.25, 0.3) is 0 Å². The van der Waals surface area contributed by atoms with Crippen molar-refractivity contribution in [2.75, 3.05) is 87.7 Å². The minimum Gasteiger partial charge on any atom is -0.464 e. The molecule has 0 aromatic heterocycles. The molecule has 1 rings (SSSR count). The number of nitrogens with two attached hydrogens (primary N) is 3. The fourth-order valence-corrected chi connectivity index (χ4v) is 12.6. The second-order valence-electron chi connectivity index (χ2n) is 25.5. The minimum atomic E-state index is -3.79. The zero-order valence-corrected chi connectivity index (χ0v) is 69.1. The molecule has 5 unspecified atom stereocenters. The minimum absolute atomic E-state index is 0. The molecule has 0 radical (unpaired) electrons. The van der Waals surface area contributed by atoms with Crippen LogP contribution in [0.4, 0.5) is 0 Å². The largest absolute Gasteiger partial charge is 1.00 e. The first-order valence-corrected chi connectivity index (χ1v) is 40.4. The Morgan fingerprint density at radius 1 is 0.637 bits per heavy atom. The number of aliphatic hydroxyl groups is 1. The van der Waals surface area contributed by atoms with Crippen molar-refractivity contribution in [3.8, 4) is 5.75 Å². The van der Waals surface area contributed by atoms with Crippen molar-refractivity contribution >= 4 is 95.0 Å². The Morgan fingerprint density at radius 3 is 1.18 bits per heavy atom. The van der Waals surface area contributed by atoms with Crippen LogP contribution >= 0.6 is 50.4 Å². The van der Waals surface area contributed by atoms with Gasteiger partial charge in [-0.15, -0.1) is 12.4 Å². The molecule has 0 saturated carbocycles. The maximum Gasteiger partial charge on any atom is 1.00 e. The fourth-order valence-electron chi connectivity index (χ4n) is 4.60. The number of rotatable bonds is 23. The molecule has 0 saturated heterocycles. The van der Waals surface area contributed by atoms with Crippen LogP contribution in [0.15, 0.2) is 34.7 Å². The third kappa shape index (κ3) is 77.3. The Morgan fingerprint density at radius 2 is 0.978 bits per heavy atom. The quantitative estimate of drug-likeness (QED) is 0.0176. The predicted molar refractivity (Wildman–Crippen MR) is 380 cm³/mol. The number of para-hydroxylation sites is 1. The normalized spacial score (nSPS) is 14.0. The van der Waals surface area contributed by atoms with E-state index in [1.54, 1.807) is 79.7 Å². The molecule has 0 aliphatic carbocycles. The molecule has 10 N–H and O–H groups in total. The number of nitrogens with one attached hydrogen (secondary N) is 1. The van der Waals surface area contributed by atoms with Gasteiger partial charge in [-0.25, -0.2) is 26.7 Å². The number of benzene rings is 1. The fraction of sp³-hybridized carbons (Fsp3) is 0.836. The number of carbonyl (C=O) groups is 1. The maximum atomic E-state index is 13.0. The number of hydrogen-bond donors (Lipinski definition) is 7. The monoisotopic (exact) mass is 1490 g/mol. The zero-order chi connectivity index (χ0) is 73.3. The Bertz CT molecular complexity index is 2370. The van der Waals surface area contributed by atoms with E-state index in [9.17, 15) is 40.2 Å². The van der Waals surface area contributed by atoms with Gasteiger partial charge >= 0.3 is 62.8 Å². The van der Waals surface area contributed by atoms with Gasteiger partial charge in [0.1, 0.15) is 16.7 Å².